The molecule has 0 aromatic carbocycles. The maximum absolute atomic E-state index is 12.1. The van der Waals surface area contributed by atoms with Gasteiger partial charge in [0.15, 0.2) is 0 Å². The first-order valence-electron chi connectivity index (χ1n) is 3.93. The highest BCUT2D eigenvalue weighted by Crippen LogP contribution is 2.25. The number of alkyl halides is 3. The zero-order chi connectivity index (χ0) is 9.90. The maximum Gasteiger partial charge on any atom is 0.451 e. The Balaban J connectivity index is 2.92. The van der Waals surface area contributed by atoms with Crippen LogP contribution in [0.2, 0.25) is 0 Å². The summed E-state index contributed by atoms with van der Waals surface area (Å²) in [5.41, 5.74) is 0.435. The summed E-state index contributed by atoms with van der Waals surface area (Å²) in [7, 11) is 0. The number of hydrogen-bond donors (Lipinski definition) is 0. The minimum absolute atomic E-state index is 0.435. The van der Waals surface area contributed by atoms with Gasteiger partial charge in [0, 0.05) is 11.9 Å². The molecule has 0 fully saturated rings. The van der Waals surface area contributed by atoms with E-state index < -0.39 is 12.0 Å². The molecule has 0 saturated heterocycles. The standard InChI is InChI=1S/C8H9F3N2/c1-2-3-6-4-5-12-7(13-6)8(9,10)11/h4-5H,2-3H2,1H3. The van der Waals surface area contributed by atoms with Crippen LogP contribution in [0.15, 0.2) is 12.3 Å². The largest absolute Gasteiger partial charge is 0.451 e. The fourth-order valence-corrected chi connectivity index (χ4v) is 0.928. The smallest absolute Gasteiger partial charge is 0.233 e. The molecule has 0 atom stereocenters. The summed E-state index contributed by atoms with van der Waals surface area (Å²) in [6, 6.07) is 1.50. The number of rotatable bonds is 2. The van der Waals surface area contributed by atoms with Crippen molar-refractivity contribution in [3.63, 3.8) is 0 Å². The lowest BCUT2D eigenvalue weighted by Crippen LogP contribution is -2.11. The number of halogens is 3. The van der Waals surface area contributed by atoms with Gasteiger partial charge >= 0.3 is 6.18 Å². The van der Waals surface area contributed by atoms with Crippen molar-refractivity contribution < 1.29 is 13.2 Å². The first-order valence-corrected chi connectivity index (χ1v) is 3.93. The van der Waals surface area contributed by atoms with E-state index in [-0.39, 0.29) is 0 Å². The molecule has 0 aliphatic heterocycles. The Morgan fingerprint density at radius 2 is 2.08 bits per heavy atom. The lowest BCUT2D eigenvalue weighted by atomic mass is 10.2. The van der Waals surface area contributed by atoms with Gasteiger partial charge in [-0.2, -0.15) is 13.2 Å². The summed E-state index contributed by atoms with van der Waals surface area (Å²) in [5, 5.41) is 0. The first kappa shape index (κ1) is 9.95. The van der Waals surface area contributed by atoms with Gasteiger partial charge in [0.2, 0.25) is 5.82 Å². The molecule has 72 valence electrons. The molecule has 0 radical (unpaired) electrons. The second-order valence-electron chi connectivity index (χ2n) is 2.62. The van der Waals surface area contributed by atoms with E-state index in [0.29, 0.717) is 12.1 Å². The van der Waals surface area contributed by atoms with Crippen molar-refractivity contribution in [2.75, 3.05) is 0 Å². The van der Waals surface area contributed by atoms with Crippen LogP contribution < -0.4 is 0 Å². The average molecular weight is 190 g/mol. The minimum Gasteiger partial charge on any atom is -0.233 e. The van der Waals surface area contributed by atoms with E-state index in [4.69, 9.17) is 0 Å². The SMILES string of the molecule is CCCc1ccnc(C(F)(F)F)n1. The van der Waals surface area contributed by atoms with Crippen LogP contribution in [-0.4, -0.2) is 9.97 Å². The van der Waals surface area contributed by atoms with Crippen LogP contribution in [0.4, 0.5) is 13.2 Å². The van der Waals surface area contributed by atoms with E-state index in [0.717, 1.165) is 12.6 Å². The lowest BCUT2D eigenvalue weighted by Gasteiger charge is -2.05. The van der Waals surface area contributed by atoms with Crippen LogP contribution in [0.3, 0.4) is 0 Å². The topological polar surface area (TPSA) is 25.8 Å². The van der Waals surface area contributed by atoms with Gasteiger partial charge in [0.25, 0.3) is 0 Å². The number of hydrogen-bond acceptors (Lipinski definition) is 2. The van der Waals surface area contributed by atoms with Gasteiger partial charge in [0.05, 0.1) is 0 Å². The average Bonchev–Trinajstić information content (AvgIpc) is 2.04. The summed E-state index contributed by atoms with van der Waals surface area (Å²) < 4.78 is 36.2. The zero-order valence-corrected chi connectivity index (χ0v) is 7.10. The Labute approximate surface area is 73.8 Å². The van der Waals surface area contributed by atoms with Crippen LogP contribution in [-0.2, 0) is 12.6 Å². The molecule has 0 spiro atoms. The number of aromatic nitrogens is 2. The molecule has 13 heavy (non-hydrogen) atoms. The predicted molar refractivity (Wildman–Crippen MR) is 41.0 cm³/mol. The molecule has 0 unspecified atom stereocenters. The van der Waals surface area contributed by atoms with E-state index >= 15 is 0 Å². The third kappa shape index (κ3) is 2.68. The van der Waals surface area contributed by atoms with Gasteiger partial charge < -0.3 is 0 Å². The quantitative estimate of drug-likeness (QED) is 0.715. The minimum atomic E-state index is -4.44. The summed E-state index contributed by atoms with van der Waals surface area (Å²) in [5.74, 6) is -1.06. The third-order valence-corrected chi connectivity index (χ3v) is 1.47. The molecule has 0 aliphatic rings. The number of nitrogens with zero attached hydrogens (tertiary/aromatic N) is 2. The molecular formula is C8H9F3N2. The summed E-state index contributed by atoms with van der Waals surface area (Å²) in [6.45, 7) is 1.88. The molecular weight excluding hydrogens is 181 g/mol. The fourth-order valence-electron chi connectivity index (χ4n) is 0.928. The third-order valence-electron chi connectivity index (χ3n) is 1.47. The van der Waals surface area contributed by atoms with E-state index in [1.54, 1.807) is 0 Å². The molecule has 1 aromatic heterocycles. The van der Waals surface area contributed by atoms with Crippen molar-refractivity contribution in [1.82, 2.24) is 9.97 Å². The fraction of sp³-hybridized carbons (Fsp3) is 0.500. The molecule has 2 nitrogen and oxygen atoms in total. The Morgan fingerprint density at radius 3 is 2.62 bits per heavy atom. The van der Waals surface area contributed by atoms with Crippen molar-refractivity contribution >= 4 is 0 Å². The summed E-state index contributed by atoms with van der Waals surface area (Å²) in [6.07, 6.45) is -1.98. The van der Waals surface area contributed by atoms with Gasteiger partial charge in [-0.15, -0.1) is 0 Å². The molecule has 1 heterocycles. The Hall–Kier alpha value is -1.13. The lowest BCUT2D eigenvalue weighted by molar-refractivity contribution is -0.145. The number of aryl methyl sites for hydroxylation is 1. The molecule has 0 aliphatic carbocycles. The summed E-state index contributed by atoms with van der Waals surface area (Å²) in [4.78, 5) is 6.55. The summed E-state index contributed by atoms with van der Waals surface area (Å²) >= 11 is 0. The van der Waals surface area contributed by atoms with E-state index in [1.807, 2.05) is 6.92 Å². The second-order valence-corrected chi connectivity index (χ2v) is 2.62. The first-order chi connectivity index (χ1) is 6.04. The van der Waals surface area contributed by atoms with Crippen molar-refractivity contribution in [2.45, 2.75) is 25.9 Å². The van der Waals surface area contributed by atoms with Gasteiger partial charge in [-0.3, -0.25) is 0 Å². The van der Waals surface area contributed by atoms with Gasteiger partial charge in [-0.1, -0.05) is 13.3 Å². The van der Waals surface area contributed by atoms with Crippen molar-refractivity contribution in [3.8, 4) is 0 Å². The van der Waals surface area contributed by atoms with E-state index in [1.165, 1.54) is 6.07 Å². The normalized spacial score (nSPS) is 11.7. The molecule has 1 aromatic rings. The zero-order valence-electron chi connectivity index (χ0n) is 7.10. The van der Waals surface area contributed by atoms with Crippen molar-refractivity contribution in [1.29, 1.82) is 0 Å². The molecule has 0 amide bonds. The Bertz CT molecular complexity index is 283. The van der Waals surface area contributed by atoms with Crippen LogP contribution in [0.25, 0.3) is 0 Å². The highest BCUT2D eigenvalue weighted by atomic mass is 19.4. The molecule has 5 heteroatoms. The van der Waals surface area contributed by atoms with Crippen LogP contribution in [0.1, 0.15) is 24.9 Å². The Morgan fingerprint density at radius 1 is 1.38 bits per heavy atom. The maximum atomic E-state index is 12.1. The monoisotopic (exact) mass is 190 g/mol. The van der Waals surface area contributed by atoms with Gasteiger partial charge in [-0.05, 0) is 12.5 Å². The van der Waals surface area contributed by atoms with Crippen LogP contribution in [0.5, 0.6) is 0 Å². The van der Waals surface area contributed by atoms with Crippen molar-refractivity contribution in [2.24, 2.45) is 0 Å². The Kier molecular flexibility index (Phi) is 2.85. The highest BCUT2D eigenvalue weighted by Gasteiger charge is 2.34. The molecule has 0 bridgehead atoms. The van der Waals surface area contributed by atoms with E-state index in [2.05, 4.69) is 9.97 Å². The van der Waals surface area contributed by atoms with E-state index in [9.17, 15) is 13.2 Å². The predicted octanol–water partition coefficient (Wildman–Crippen LogP) is 2.45. The van der Waals surface area contributed by atoms with Gasteiger partial charge in [-0.25, -0.2) is 9.97 Å². The molecule has 0 N–H and O–H groups in total. The van der Waals surface area contributed by atoms with Crippen LogP contribution in [0, 0.1) is 0 Å². The van der Waals surface area contributed by atoms with Gasteiger partial charge in [0.1, 0.15) is 0 Å². The van der Waals surface area contributed by atoms with Crippen LogP contribution >= 0.6 is 0 Å². The second kappa shape index (κ2) is 3.72. The molecule has 0 saturated carbocycles. The highest BCUT2D eigenvalue weighted by molar-refractivity contribution is 5.04. The molecule has 1 rings (SSSR count). The van der Waals surface area contributed by atoms with Crippen molar-refractivity contribution in [3.05, 3.63) is 23.8 Å².